The third kappa shape index (κ3) is 3.54. The van der Waals surface area contributed by atoms with E-state index in [0.29, 0.717) is 0 Å². The van der Waals surface area contributed by atoms with Gasteiger partial charge in [-0.3, -0.25) is 4.79 Å². The Labute approximate surface area is 60.7 Å². The van der Waals surface area contributed by atoms with Crippen molar-refractivity contribution < 1.29 is 18.7 Å². The summed E-state index contributed by atoms with van der Waals surface area (Å²) in [5, 5.41) is 10.7. The number of carboxylic acid groups (broad SMARTS) is 1. The molecular formula is C4H9NO4S. The van der Waals surface area contributed by atoms with Gasteiger partial charge in [0.2, 0.25) is 0 Å². The molecule has 0 spiro atoms. The quantitative estimate of drug-likeness (QED) is 0.462. The first-order valence-corrected chi connectivity index (χ1v) is 3.83. The normalized spacial score (nSPS) is 16.2. The highest BCUT2D eigenvalue weighted by molar-refractivity contribution is 7.79. The molecule has 0 aliphatic carbocycles. The second-order valence-corrected chi connectivity index (χ2v) is 2.64. The minimum Gasteiger partial charge on any atom is -0.480 e. The van der Waals surface area contributed by atoms with Gasteiger partial charge >= 0.3 is 5.97 Å². The molecule has 5 nitrogen and oxygen atoms in total. The second-order valence-electron chi connectivity index (χ2n) is 1.67. The number of aliphatic carboxylic acids is 1. The lowest BCUT2D eigenvalue weighted by atomic mass is 10.3. The monoisotopic (exact) mass is 167 g/mol. The molecule has 2 atom stereocenters. The maximum Gasteiger partial charge on any atom is 0.321 e. The minimum atomic E-state index is -2.06. The summed E-state index contributed by atoms with van der Waals surface area (Å²) in [5.74, 6) is -1.41. The number of carbonyl (C=O) groups is 1. The van der Waals surface area contributed by atoms with Gasteiger partial charge in [-0.15, -0.1) is 0 Å². The first-order valence-electron chi connectivity index (χ1n) is 2.55. The first kappa shape index (κ1) is 9.54. The Kier molecular flexibility index (Phi) is 4.17. The number of nitrogens with one attached hydrogen (secondary N) is 1. The molecule has 0 saturated carbocycles. The van der Waals surface area contributed by atoms with Crippen LogP contribution in [-0.2, 0) is 15.9 Å². The molecule has 0 saturated heterocycles. The fourth-order valence-corrected chi connectivity index (χ4v) is 1.02. The van der Waals surface area contributed by atoms with Crippen molar-refractivity contribution in [3.05, 3.63) is 0 Å². The van der Waals surface area contributed by atoms with Crippen LogP contribution in [0.4, 0.5) is 0 Å². The van der Waals surface area contributed by atoms with Crippen molar-refractivity contribution in [2.45, 2.75) is 6.04 Å². The molecule has 0 aliphatic heterocycles. The Balaban J connectivity index is 3.83. The van der Waals surface area contributed by atoms with Gasteiger partial charge < -0.3 is 15.0 Å². The molecular weight excluding hydrogens is 158 g/mol. The number of carboxylic acids is 1. The summed E-state index contributed by atoms with van der Waals surface area (Å²) in [5.41, 5.74) is 0. The Morgan fingerprint density at radius 3 is 2.40 bits per heavy atom. The van der Waals surface area contributed by atoms with Crippen LogP contribution in [0.2, 0.25) is 0 Å². The van der Waals surface area contributed by atoms with Crippen LogP contribution in [0.3, 0.4) is 0 Å². The molecule has 0 rings (SSSR count). The first-order chi connectivity index (χ1) is 4.57. The fourth-order valence-electron chi connectivity index (χ4n) is 0.421. The fraction of sp³-hybridized carbons (Fsp3) is 0.750. The summed E-state index contributed by atoms with van der Waals surface area (Å²) >= 11 is -2.06. The van der Waals surface area contributed by atoms with Gasteiger partial charge in [-0.2, -0.15) is 0 Å². The highest BCUT2D eigenvalue weighted by Crippen LogP contribution is 1.85. The lowest BCUT2D eigenvalue weighted by molar-refractivity contribution is -0.138. The molecule has 0 radical (unpaired) electrons. The summed E-state index contributed by atoms with van der Waals surface area (Å²) in [7, 11) is 1.42. The van der Waals surface area contributed by atoms with Gasteiger partial charge in [0.15, 0.2) is 11.1 Å². The number of rotatable bonds is 4. The molecule has 10 heavy (non-hydrogen) atoms. The van der Waals surface area contributed by atoms with E-state index >= 15 is 0 Å². The summed E-state index contributed by atoms with van der Waals surface area (Å²) in [6, 6.07) is -0.939. The van der Waals surface area contributed by atoms with Crippen molar-refractivity contribution in [1.29, 1.82) is 0 Å². The van der Waals surface area contributed by atoms with Gasteiger partial charge in [-0.05, 0) is 7.05 Å². The van der Waals surface area contributed by atoms with Crippen LogP contribution >= 0.6 is 0 Å². The summed E-state index contributed by atoms with van der Waals surface area (Å²) in [6.07, 6.45) is 0. The standard InChI is InChI=1S/C4H9NO4S/c1-5-3(4(6)7)2-10(8)9/h3,5H,2H2,1H3,(H,6,7)(H,8,9). The smallest absolute Gasteiger partial charge is 0.321 e. The zero-order valence-corrected chi connectivity index (χ0v) is 6.22. The third-order valence-corrected chi connectivity index (χ3v) is 1.57. The maximum atomic E-state index is 10.2. The van der Waals surface area contributed by atoms with Gasteiger partial charge in [-0.1, -0.05) is 0 Å². The predicted octanol–water partition coefficient (Wildman–Crippen LogP) is -1.12. The van der Waals surface area contributed by atoms with E-state index < -0.39 is 23.1 Å². The number of likely N-dealkylation sites (N-methyl/N-ethyl adjacent to an activating group) is 1. The Hall–Kier alpha value is -0.460. The average molecular weight is 167 g/mol. The van der Waals surface area contributed by atoms with Crippen molar-refractivity contribution in [3.63, 3.8) is 0 Å². The van der Waals surface area contributed by atoms with Crippen LogP contribution in [0.25, 0.3) is 0 Å². The second kappa shape index (κ2) is 4.37. The molecule has 0 bridgehead atoms. The van der Waals surface area contributed by atoms with Gasteiger partial charge in [0, 0.05) is 0 Å². The lowest BCUT2D eigenvalue weighted by Crippen LogP contribution is -2.38. The predicted molar refractivity (Wildman–Crippen MR) is 36.1 cm³/mol. The van der Waals surface area contributed by atoms with Crippen molar-refractivity contribution in [3.8, 4) is 0 Å². The van der Waals surface area contributed by atoms with E-state index in [-0.39, 0.29) is 5.75 Å². The Morgan fingerprint density at radius 2 is 2.30 bits per heavy atom. The number of hydrogen-bond donors (Lipinski definition) is 3. The van der Waals surface area contributed by atoms with Crippen LogP contribution in [0.15, 0.2) is 0 Å². The molecule has 2 unspecified atom stereocenters. The molecule has 0 aromatic rings. The van der Waals surface area contributed by atoms with Crippen LogP contribution in [0.5, 0.6) is 0 Å². The van der Waals surface area contributed by atoms with Crippen LogP contribution < -0.4 is 5.32 Å². The van der Waals surface area contributed by atoms with Crippen LogP contribution in [-0.4, -0.2) is 38.7 Å². The molecule has 0 aliphatic rings. The lowest BCUT2D eigenvalue weighted by Gasteiger charge is -2.06. The van der Waals surface area contributed by atoms with Gasteiger partial charge in [0.1, 0.15) is 6.04 Å². The molecule has 0 aromatic heterocycles. The Bertz CT molecular complexity index is 148. The van der Waals surface area contributed by atoms with Crippen molar-refractivity contribution in [2.75, 3.05) is 12.8 Å². The molecule has 0 amide bonds. The average Bonchev–Trinajstić information content (AvgIpc) is 1.81. The van der Waals surface area contributed by atoms with E-state index in [2.05, 4.69) is 5.32 Å². The molecule has 6 heteroatoms. The largest absolute Gasteiger partial charge is 0.480 e. The summed E-state index contributed by atoms with van der Waals surface area (Å²) < 4.78 is 18.4. The van der Waals surface area contributed by atoms with E-state index in [1.807, 2.05) is 0 Å². The summed E-state index contributed by atoms with van der Waals surface area (Å²) in [4.78, 5) is 10.2. The van der Waals surface area contributed by atoms with Crippen molar-refractivity contribution in [2.24, 2.45) is 0 Å². The van der Waals surface area contributed by atoms with Gasteiger partial charge in [-0.25, -0.2) is 4.21 Å². The molecule has 60 valence electrons. The van der Waals surface area contributed by atoms with Crippen molar-refractivity contribution >= 4 is 17.0 Å². The molecule has 0 fully saturated rings. The van der Waals surface area contributed by atoms with E-state index in [0.717, 1.165) is 0 Å². The minimum absolute atomic E-state index is 0.286. The molecule has 0 aromatic carbocycles. The molecule has 3 N–H and O–H groups in total. The zero-order valence-electron chi connectivity index (χ0n) is 5.40. The highest BCUT2D eigenvalue weighted by Gasteiger charge is 2.16. The number of hydrogen-bond acceptors (Lipinski definition) is 3. The topological polar surface area (TPSA) is 86.6 Å². The summed E-state index contributed by atoms with van der Waals surface area (Å²) in [6.45, 7) is 0. The van der Waals surface area contributed by atoms with E-state index in [4.69, 9.17) is 9.66 Å². The van der Waals surface area contributed by atoms with Crippen LogP contribution in [0.1, 0.15) is 0 Å². The SMILES string of the molecule is CNC(CS(=O)O)C(=O)O. The van der Waals surface area contributed by atoms with E-state index in [9.17, 15) is 9.00 Å². The van der Waals surface area contributed by atoms with Crippen LogP contribution in [0, 0.1) is 0 Å². The maximum absolute atomic E-state index is 10.2. The third-order valence-electron chi connectivity index (χ3n) is 0.956. The highest BCUT2D eigenvalue weighted by atomic mass is 32.2. The Morgan fingerprint density at radius 1 is 1.80 bits per heavy atom. The van der Waals surface area contributed by atoms with E-state index in [1.54, 1.807) is 0 Å². The van der Waals surface area contributed by atoms with E-state index in [1.165, 1.54) is 7.05 Å². The van der Waals surface area contributed by atoms with Gasteiger partial charge in [0.25, 0.3) is 0 Å². The molecule has 0 heterocycles. The van der Waals surface area contributed by atoms with Crippen molar-refractivity contribution in [1.82, 2.24) is 5.32 Å². The van der Waals surface area contributed by atoms with Gasteiger partial charge in [0.05, 0.1) is 5.75 Å². The zero-order chi connectivity index (χ0) is 8.15.